The van der Waals surface area contributed by atoms with Gasteiger partial charge in [0.1, 0.15) is 29.5 Å². The molecule has 0 saturated heterocycles. The number of rotatable bonds is 9. The number of pyridine rings is 1. The highest BCUT2D eigenvalue weighted by molar-refractivity contribution is 5.79. The molecule has 0 unspecified atom stereocenters. The van der Waals surface area contributed by atoms with E-state index in [1.54, 1.807) is 7.11 Å². The third-order valence-corrected chi connectivity index (χ3v) is 4.20. The van der Waals surface area contributed by atoms with Gasteiger partial charge in [0.15, 0.2) is 0 Å². The fourth-order valence-electron chi connectivity index (χ4n) is 2.77. The average molecular weight is 379 g/mol. The van der Waals surface area contributed by atoms with E-state index in [-0.39, 0.29) is 0 Å². The smallest absolute Gasteiger partial charge is 0.138 e. The summed E-state index contributed by atoms with van der Waals surface area (Å²) in [6.45, 7) is 7.46. The summed E-state index contributed by atoms with van der Waals surface area (Å²) in [5, 5.41) is 4.26. The Bertz CT molecular complexity index is 992. The first-order valence-electron chi connectivity index (χ1n) is 9.04. The van der Waals surface area contributed by atoms with E-state index in [1.807, 2.05) is 55.5 Å². The molecule has 3 aromatic rings. The van der Waals surface area contributed by atoms with Crippen molar-refractivity contribution in [3.63, 3.8) is 0 Å². The Morgan fingerprint density at radius 2 is 2.14 bits per heavy atom. The van der Waals surface area contributed by atoms with Gasteiger partial charge in [-0.05, 0) is 37.3 Å². The summed E-state index contributed by atoms with van der Waals surface area (Å²) in [4.78, 5) is 4.32. The molecule has 2 heterocycles. The minimum absolute atomic E-state index is 0.416. The Morgan fingerprint density at radius 1 is 1.29 bits per heavy atom. The number of ether oxygens (including phenoxy) is 2. The maximum absolute atomic E-state index is 6.04. The van der Waals surface area contributed by atoms with E-state index in [2.05, 4.69) is 16.9 Å². The van der Waals surface area contributed by atoms with E-state index in [0.717, 1.165) is 33.7 Å². The molecule has 0 fully saturated rings. The monoisotopic (exact) mass is 379 g/mol. The summed E-state index contributed by atoms with van der Waals surface area (Å²) >= 11 is 0. The van der Waals surface area contributed by atoms with Crippen LogP contribution >= 0.6 is 0 Å². The van der Waals surface area contributed by atoms with Crippen molar-refractivity contribution >= 4 is 22.5 Å². The van der Waals surface area contributed by atoms with Gasteiger partial charge in [0.2, 0.25) is 0 Å². The van der Waals surface area contributed by atoms with E-state index >= 15 is 0 Å². The number of benzene rings is 1. The van der Waals surface area contributed by atoms with Crippen molar-refractivity contribution in [1.29, 1.82) is 0 Å². The van der Waals surface area contributed by atoms with Gasteiger partial charge < -0.3 is 24.9 Å². The second-order valence-electron chi connectivity index (χ2n) is 6.29. The lowest BCUT2D eigenvalue weighted by atomic mass is 10.2. The molecule has 0 aliphatic rings. The molecule has 0 aliphatic heterocycles. The first kappa shape index (κ1) is 19.5. The number of aromatic nitrogens is 1. The molecular formula is C22H25N3O3. The van der Waals surface area contributed by atoms with Crippen molar-refractivity contribution in [3.05, 3.63) is 72.1 Å². The van der Waals surface area contributed by atoms with Crippen LogP contribution < -0.4 is 15.8 Å². The van der Waals surface area contributed by atoms with Crippen LogP contribution in [0, 0.1) is 0 Å². The molecular weight excluding hydrogens is 354 g/mol. The highest BCUT2D eigenvalue weighted by Gasteiger charge is 2.09. The highest BCUT2D eigenvalue weighted by Crippen LogP contribution is 2.25. The second-order valence-corrected chi connectivity index (χ2v) is 6.29. The number of nitrogens with one attached hydrogen (secondary N) is 1. The summed E-state index contributed by atoms with van der Waals surface area (Å²) in [6.07, 6.45) is 3.91. The highest BCUT2D eigenvalue weighted by atomic mass is 16.5. The SMILES string of the molecule is C=C(NCc1cc2ccc(OC/C=C/C)cc2o1)c1ccc(COC)nc1N. The van der Waals surface area contributed by atoms with E-state index in [9.17, 15) is 0 Å². The number of furan rings is 1. The van der Waals surface area contributed by atoms with Crippen molar-refractivity contribution in [3.8, 4) is 5.75 Å². The summed E-state index contributed by atoms with van der Waals surface area (Å²) < 4.78 is 16.6. The van der Waals surface area contributed by atoms with Gasteiger partial charge in [-0.15, -0.1) is 0 Å². The fourth-order valence-corrected chi connectivity index (χ4v) is 2.77. The molecule has 0 bridgehead atoms. The first-order chi connectivity index (χ1) is 13.6. The summed E-state index contributed by atoms with van der Waals surface area (Å²) in [7, 11) is 1.62. The molecule has 2 aromatic heterocycles. The van der Waals surface area contributed by atoms with Gasteiger partial charge in [0.05, 0.1) is 18.8 Å². The molecule has 0 amide bonds. The Kier molecular flexibility index (Phi) is 6.34. The lowest BCUT2D eigenvalue weighted by Crippen LogP contribution is -2.12. The first-order valence-corrected chi connectivity index (χ1v) is 9.04. The van der Waals surface area contributed by atoms with Gasteiger partial charge in [-0.2, -0.15) is 0 Å². The molecule has 146 valence electrons. The average Bonchev–Trinajstić information content (AvgIpc) is 3.09. The Balaban J connectivity index is 1.65. The second kappa shape index (κ2) is 9.10. The molecule has 3 N–H and O–H groups in total. The van der Waals surface area contributed by atoms with Gasteiger partial charge in [-0.1, -0.05) is 18.7 Å². The Morgan fingerprint density at radius 3 is 2.89 bits per heavy atom. The topological polar surface area (TPSA) is 82.5 Å². The molecule has 0 atom stereocenters. The number of nitrogen functional groups attached to an aromatic ring is 1. The predicted molar refractivity (Wildman–Crippen MR) is 112 cm³/mol. The number of fused-ring (bicyclic) bond motifs is 1. The molecule has 1 aromatic carbocycles. The summed E-state index contributed by atoms with van der Waals surface area (Å²) in [5.74, 6) is 1.99. The van der Waals surface area contributed by atoms with Crippen LogP contribution in [0.15, 0.2) is 59.5 Å². The maximum Gasteiger partial charge on any atom is 0.138 e. The van der Waals surface area contributed by atoms with Crippen molar-refractivity contribution in [2.75, 3.05) is 19.5 Å². The molecule has 3 rings (SSSR count). The Hall–Kier alpha value is -3.25. The van der Waals surface area contributed by atoms with Crippen LogP contribution in [0.3, 0.4) is 0 Å². The fraction of sp³-hybridized carbons (Fsp3) is 0.227. The zero-order chi connectivity index (χ0) is 19.9. The van der Waals surface area contributed by atoms with Crippen LogP contribution in [0.2, 0.25) is 0 Å². The maximum atomic E-state index is 6.04. The van der Waals surface area contributed by atoms with Gasteiger partial charge in [0.25, 0.3) is 0 Å². The van der Waals surface area contributed by atoms with Crippen LogP contribution in [0.25, 0.3) is 16.7 Å². The van der Waals surface area contributed by atoms with Crippen molar-refractivity contribution < 1.29 is 13.9 Å². The van der Waals surface area contributed by atoms with Crippen LogP contribution in [0.5, 0.6) is 5.75 Å². The normalized spacial score (nSPS) is 11.2. The molecule has 0 aliphatic carbocycles. The quantitative estimate of drug-likeness (QED) is 0.540. The van der Waals surface area contributed by atoms with Crippen molar-refractivity contribution in [1.82, 2.24) is 10.3 Å². The lowest BCUT2D eigenvalue weighted by molar-refractivity contribution is 0.181. The number of anilines is 1. The zero-order valence-corrected chi connectivity index (χ0v) is 16.2. The van der Waals surface area contributed by atoms with Crippen molar-refractivity contribution in [2.24, 2.45) is 0 Å². The van der Waals surface area contributed by atoms with Crippen LogP contribution in [0.4, 0.5) is 5.82 Å². The number of allylic oxidation sites excluding steroid dienone is 1. The number of methoxy groups -OCH3 is 1. The number of nitrogens with zero attached hydrogens (tertiary/aromatic N) is 1. The minimum atomic E-state index is 0.416. The summed E-state index contributed by atoms with van der Waals surface area (Å²) in [6, 6.07) is 11.6. The third-order valence-electron chi connectivity index (χ3n) is 4.20. The van der Waals surface area contributed by atoms with E-state index < -0.39 is 0 Å². The molecule has 6 nitrogen and oxygen atoms in total. The Labute approximate surface area is 164 Å². The van der Waals surface area contributed by atoms with Gasteiger partial charge in [-0.3, -0.25) is 0 Å². The molecule has 0 radical (unpaired) electrons. The van der Waals surface area contributed by atoms with Crippen LogP contribution in [-0.2, 0) is 17.9 Å². The molecule has 6 heteroatoms. The van der Waals surface area contributed by atoms with E-state index in [4.69, 9.17) is 19.6 Å². The third kappa shape index (κ3) is 4.72. The number of hydrogen-bond acceptors (Lipinski definition) is 6. The number of hydrogen-bond donors (Lipinski definition) is 2. The standard InChI is InChI=1S/C22H25N3O3/c1-4-5-10-27-18-8-6-16-11-19(28-21(16)12-18)13-24-15(2)20-9-7-17(14-26-3)25-22(20)23/h4-9,11-12,24H,2,10,13-14H2,1,3H3,(H2,23,25)/b5-4+. The van der Waals surface area contributed by atoms with E-state index in [1.165, 1.54) is 0 Å². The van der Waals surface area contributed by atoms with Crippen molar-refractivity contribution in [2.45, 2.75) is 20.1 Å². The van der Waals surface area contributed by atoms with Crippen LogP contribution in [0.1, 0.15) is 23.9 Å². The lowest BCUT2D eigenvalue weighted by Gasteiger charge is -2.11. The largest absolute Gasteiger partial charge is 0.489 e. The minimum Gasteiger partial charge on any atom is -0.489 e. The molecule has 0 saturated carbocycles. The molecule has 28 heavy (non-hydrogen) atoms. The number of nitrogens with two attached hydrogens (primary N) is 1. The zero-order valence-electron chi connectivity index (χ0n) is 16.2. The molecule has 0 spiro atoms. The van der Waals surface area contributed by atoms with Gasteiger partial charge in [-0.25, -0.2) is 4.98 Å². The van der Waals surface area contributed by atoms with Crippen LogP contribution in [-0.4, -0.2) is 18.7 Å². The predicted octanol–water partition coefficient (Wildman–Crippen LogP) is 4.27. The van der Waals surface area contributed by atoms with Gasteiger partial charge in [0, 0.05) is 29.8 Å². The van der Waals surface area contributed by atoms with Gasteiger partial charge >= 0.3 is 0 Å². The summed E-state index contributed by atoms with van der Waals surface area (Å²) in [5.41, 5.74) is 9.05. The van der Waals surface area contributed by atoms with E-state index in [0.29, 0.717) is 31.3 Å².